The Bertz CT molecular complexity index is 1130. The molecule has 1 saturated heterocycles. The first-order chi connectivity index (χ1) is 17.4. The van der Waals surface area contributed by atoms with Gasteiger partial charge in [-0.1, -0.05) is 6.92 Å². The van der Waals surface area contributed by atoms with Gasteiger partial charge in [-0.25, -0.2) is 4.79 Å². The Balaban J connectivity index is 1.98. The highest BCUT2D eigenvalue weighted by Gasteiger charge is 2.64. The Kier molecular flexibility index (Phi) is 7.08. The first kappa shape index (κ1) is 27.0. The highest BCUT2D eigenvalue weighted by Crippen LogP contribution is 2.62. The second kappa shape index (κ2) is 9.70. The van der Waals surface area contributed by atoms with E-state index in [1.165, 1.54) is 20.2 Å². The van der Waals surface area contributed by atoms with Crippen molar-refractivity contribution in [2.45, 2.75) is 58.3 Å². The first-order valence-electron chi connectivity index (χ1n) is 12.3. The monoisotopic (exact) mass is 519 g/mol. The van der Waals surface area contributed by atoms with Gasteiger partial charge in [-0.15, -0.1) is 0 Å². The van der Waals surface area contributed by atoms with Crippen molar-refractivity contribution < 1.29 is 48.7 Å². The molecule has 0 bridgehead atoms. The quantitative estimate of drug-likeness (QED) is 0.271. The SMILES string of the molecule is COC[C@H]1OC(=O)/C(=C\NC(CO)CO)C2=C(O)C(=O)C3=C([C@H](OC(C)=O)C[C@]4(C)C(=O)CC[C@@H]34)[C@]21C. The van der Waals surface area contributed by atoms with Crippen molar-refractivity contribution in [3.8, 4) is 0 Å². The number of ether oxygens (including phenoxy) is 3. The van der Waals surface area contributed by atoms with Crippen LogP contribution in [-0.4, -0.2) is 84.0 Å². The zero-order chi connectivity index (χ0) is 27.3. The number of allylic oxidation sites excluding steroid dienone is 1. The molecule has 37 heavy (non-hydrogen) atoms. The molecule has 0 unspecified atom stereocenters. The van der Waals surface area contributed by atoms with E-state index in [1.807, 2.05) is 0 Å². The molecular formula is C26H33NO10. The number of carbonyl (C=O) groups excluding carboxylic acids is 4. The lowest BCUT2D eigenvalue weighted by molar-refractivity contribution is -0.160. The number of nitrogens with one attached hydrogen (secondary N) is 1. The van der Waals surface area contributed by atoms with Crippen molar-refractivity contribution in [3.63, 3.8) is 0 Å². The minimum atomic E-state index is -1.36. The number of hydrogen-bond donors (Lipinski definition) is 4. The standard InChI is InChI=1S/C26H33NO10/c1-12(30)36-16-7-25(2)15(5-6-17(25)31)19-21(16)26(3)18(11-35-4)37-24(34)14(8-27-13(9-28)10-29)20(26)23(33)22(19)32/h8,13,15-16,18,27-29,33H,5-7,9-11H2,1-4H3/b14-8-/t15-,16+,18+,25-,26-/m0/s1. The summed E-state index contributed by atoms with van der Waals surface area (Å²) in [5.74, 6) is -3.40. The number of Topliss-reactive ketones (excluding diaryl/α,β-unsaturated/α-hetero) is 2. The van der Waals surface area contributed by atoms with E-state index in [-0.39, 0.29) is 42.0 Å². The number of ketones is 2. The van der Waals surface area contributed by atoms with E-state index >= 15 is 0 Å². The van der Waals surface area contributed by atoms with Crippen molar-refractivity contribution >= 4 is 23.5 Å². The van der Waals surface area contributed by atoms with Gasteiger partial charge in [-0.3, -0.25) is 14.4 Å². The topological polar surface area (TPSA) is 169 Å². The van der Waals surface area contributed by atoms with Crippen molar-refractivity contribution in [1.29, 1.82) is 0 Å². The molecule has 1 heterocycles. The zero-order valence-electron chi connectivity index (χ0n) is 21.3. The van der Waals surface area contributed by atoms with Crippen LogP contribution >= 0.6 is 0 Å². The second-order valence-corrected chi connectivity index (χ2v) is 10.5. The molecule has 2 fully saturated rings. The maximum atomic E-state index is 13.8. The van der Waals surface area contributed by atoms with Gasteiger partial charge in [-0.05, 0) is 18.9 Å². The number of fused-ring (bicyclic) bond motifs is 4. The summed E-state index contributed by atoms with van der Waals surface area (Å²) in [4.78, 5) is 52.1. The number of methoxy groups -OCH3 is 1. The maximum absolute atomic E-state index is 13.8. The van der Waals surface area contributed by atoms with Gasteiger partial charge in [0.05, 0.1) is 36.9 Å². The summed E-state index contributed by atoms with van der Waals surface area (Å²) in [5.41, 5.74) is -1.91. The van der Waals surface area contributed by atoms with Crippen molar-refractivity contribution in [1.82, 2.24) is 5.32 Å². The fourth-order valence-corrected chi connectivity index (χ4v) is 6.46. The summed E-state index contributed by atoms with van der Waals surface area (Å²) in [7, 11) is 1.42. The Hall–Kier alpha value is -3.02. The van der Waals surface area contributed by atoms with Crippen LogP contribution in [-0.2, 0) is 33.4 Å². The van der Waals surface area contributed by atoms with E-state index in [9.17, 15) is 34.5 Å². The Morgan fingerprint density at radius 1 is 1.24 bits per heavy atom. The molecule has 0 aromatic rings. The third-order valence-corrected chi connectivity index (χ3v) is 8.32. The molecule has 4 N–H and O–H groups in total. The molecule has 0 radical (unpaired) electrons. The average Bonchev–Trinajstić information content (AvgIpc) is 3.13. The number of cyclic esters (lactones) is 1. The lowest BCUT2D eigenvalue weighted by atomic mass is 9.53. The largest absolute Gasteiger partial charge is 0.504 e. The lowest BCUT2D eigenvalue weighted by Gasteiger charge is -2.53. The molecule has 0 aromatic heterocycles. The summed E-state index contributed by atoms with van der Waals surface area (Å²) in [5, 5.41) is 32.9. The lowest BCUT2D eigenvalue weighted by Crippen LogP contribution is -2.57. The van der Waals surface area contributed by atoms with Crippen LogP contribution in [0.25, 0.3) is 0 Å². The molecule has 11 heteroatoms. The summed E-state index contributed by atoms with van der Waals surface area (Å²) in [6, 6.07) is -0.811. The molecule has 1 saturated carbocycles. The number of hydrogen-bond acceptors (Lipinski definition) is 11. The summed E-state index contributed by atoms with van der Waals surface area (Å²) in [6.45, 7) is 3.71. The van der Waals surface area contributed by atoms with Gasteiger partial charge in [0.2, 0.25) is 5.78 Å². The molecule has 0 amide bonds. The second-order valence-electron chi connectivity index (χ2n) is 10.5. The minimum absolute atomic E-state index is 0.0261. The summed E-state index contributed by atoms with van der Waals surface area (Å²) >= 11 is 0. The van der Waals surface area contributed by atoms with Gasteiger partial charge in [0, 0.05) is 55.6 Å². The van der Waals surface area contributed by atoms with Gasteiger partial charge < -0.3 is 34.8 Å². The van der Waals surface area contributed by atoms with E-state index in [0.717, 1.165) is 0 Å². The van der Waals surface area contributed by atoms with Crippen LogP contribution in [0.4, 0.5) is 0 Å². The molecule has 4 aliphatic rings. The fraction of sp³-hybridized carbons (Fsp3) is 0.615. The van der Waals surface area contributed by atoms with Gasteiger partial charge in [0.15, 0.2) is 5.76 Å². The maximum Gasteiger partial charge on any atom is 0.340 e. The van der Waals surface area contributed by atoms with Gasteiger partial charge in [0.25, 0.3) is 0 Å². The fourth-order valence-electron chi connectivity index (χ4n) is 6.46. The third-order valence-electron chi connectivity index (χ3n) is 8.32. The van der Waals surface area contributed by atoms with Crippen LogP contribution in [0.15, 0.2) is 34.3 Å². The predicted octanol–water partition coefficient (Wildman–Crippen LogP) is 0.403. The molecule has 5 atom stereocenters. The van der Waals surface area contributed by atoms with E-state index in [0.29, 0.717) is 12.0 Å². The zero-order valence-corrected chi connectivity index (χ0v) is 21.3. The molecule has 0 spiro atoms. The third kappa shape index (κ3) is 4.00. The van der Waals surface area contributed by atoms with Gasteiger partial charge in [0.1, 0.15) is 18.0 Å². The molecular weight excluding hydrogens is 486 g/mol. The van der Waals surface area contributed by atoms with Crippen molar-refractivity contribution in [2.75, 3.05) is 26.9 Å². The van der Waals surface area contributed by atoms with Crippen LogP contribution in [0, 0.1) is 16.7 Å². The molecule has 1 aliphatic heterocycles. The number of rotatable bonds is 7. The minimum Gasteiger partial charge on any atom is -0.504 e. The molecule has 4 rings (SSSR count). The average molecular weight is 520 g/mol. The van der Waals surface area contributed by atoms with Crippen LogP contribution in [0.1, 0.15) is 40.0 Å². The van der Waals surface area contributed by atoms with Crippen LogP contribution in [0.2, 0.25) is 0 Å². The number of carbonyl (C=O) groups is 4. The molecule has 202 valence electrons. The first-order valence-corrected chi connectivity index (χ1v) is 12.3. The van der Waals surface area contributed by atoms with E-state index in [1.54, 1.807) is 13.8 Å². The highest BCUT2D eigenvalue weighted by molar-refractivity contribution is 6.14. The van der Waals surface area contributed by atoms with Crippen molar-refractivity contribution in [2.24, 2.45) is 16.7 Å². The summed E-state index contributed by atoms with van der Waals surface area (Å²) in [6.07, 6.45) is 0.0101. The van der Waals surface area contributed by atoms with E-state index in [4.69, 9.17) is 14.2 Å². The van der Waals surface area contributed by atoms with E-state index < -0.39 is 71.7 Å². The van der Waals surface area contributed by atoms with Crippen LogP contribution in [0.5, 0.6) is 0 Å². The summed E-state index contributed by atoms with van der Waals surface area (Å²) < 4.78 is 16.8. The Labute approximate surface area is 214 Å². The number of aliphatic hydroxyl groups is 3. The van der Waals surface area contributed by atoms with Gasteiger partial charge in [-0.2, -0.15) is 0 Å². The highest BCUT2D eigenvalue weighted by atomic mass is 16.6. The molecule has 0 aromatic carbocycles. The van der Waals surface area contributed by atoms with Gasteiger partial charge >= 0.3 is 11.9 Å². The van der Waals surface area contributed by atoms with Crippen LogP contribution < -0.4 is 5.32 Å². The molecule has 3 aliphatic carbocycles. The Morgan fingerprint density at radius 3 is 2.51 bits per heavy atom. The number of aliphatic hydroxyl groups excluding tert-OH is 3. The van der Waals surface area contributed by atoms with Crippen LogP contribution in [0.3, 0.4) is 0 Å². The number of esters is 2. The normalized spacial score (nSPS) is 34.4. The smallest absolute Gasteiger partial charge is 0.340 e. The predicted molar refractivity (Wildman–Crippen MR) is 127 cm³/mol. The Morgan fingerprint density at radius 2 is 1.92 bits per heavy atom. The van der Waals surface area contributed by atoms with Crippen molar-refractivity contribution in [3.05, 3.63) is 34.3 Å². The molecule has 11 nitrogen and oxygen atoms in total. The van der Waals surface area contributed by atoms with E-state index in [2.05, 4.69) is 5.32 Å².